The monoisotopic (exact) mass is 588 g/mol. The number of pyridine rings is 1. The Hall–Kier alpha value is -2.41. The van der Waals surface area contributed by atoms with E-state index in [2.05, 4.69) is 20.7 Å². The first kappa shape index (κ1) is 21.3. The molecule has 1 aliphatic rings. The van der Waals surface area contributed by atoms with Gasteiger partial charge in [-0.3, -0.25) is 9.20 Å². The summed E-state index contributed by atoms with van der Waals surface area (Å²) in [6.45, 7) is 3.91. The molecule has 1 aliphatic heterocycles. The molecule has 0 saturated heterocycles. The molecule has 0 saturated carbocycles. The van der Waals surface area contributed by atoms with Crippen molar-refractivity contribution in [3.8, 4) is 0 Å². The van der Waals surface area contributed by atoms with E-state index >= 15 is 0 Å². The summed E-state index contributed by atoms with van der Waals surface area (Å²) in [5.41, 5.74) is 4.01. The van der Waals surface area contributed by atoms with Crippen molar-refractivity contribution in [3.05, 3.63) is 69.9 Å². The molecule has 9 heteroatoms. The van der Waals surface area contributed by atoms with E-state index in [9.17, 15) is 4.79 Å². The molecule has 3 heterocycles. The molecule has 1 N–H and O–H groups in total. The average Bonchev–Trinajstić information content (AvgIpc) is 3.11. The number of aryl methyl sites for hydroxylation is 1. The molecule has 2 aromatic heterocycles. The Morgan fingerprint density at radius 3 is 2.72 bits per heavy atom. The zero-order valence-electron chi connectivity index (χ0n) is 15.8. The molecule has 7 nitrogen and oxygen atoms in total. The second-order valence-corrected chi connectivity index (χ2v) is 6.88. The molecule has 4 rings (SSSR count). The van der Waals surface area contributed by atoms with Gasteiger partial charge in [0.2, 0.25) is 0 Å². The molecule has 0 bridgehead atoms. The zero-order valence-corrected chi connectivity index (χ0v) is 19.0. The summed E-state index contributed by atoms with van der Waals surface area (Å²) >= 11 is 6.10. The molecule has 0 unspecified atom stereocenters. The second-order valence-electron chi connectivity index (χ2n) is 6.45. The number of aromatic nitrogens is 2. The minimum Gasteiger partial charge on any atom is -0.469 e. The third-order valence-corrected chi connectivity index (χ3v) is 4.83. The summed E-state index contributed by atoms with van der Waals surface area (Å²) in [6, 6.07) is 11.6. The van der Waals surface area contributed by atoms with Gasteiger partial charge in [0.1, 0.15) is 11.3 Å². The van der Waals surface area contributed by atoms with E-state index in [1.807, 2.05) is 42.3 Å². The minimum absolute atomic E-state index is 0. The van der Waals surface area contributed by atoms with Gasteiger partial charge >= 0.3 is 0 Å². The number of hydrogen-bond acceptors (Lipinski definition) is 4. The van der Waals surface area contributed by atoms with Gasteiger partial charge in [-0.1, -0.05) is 37.0 Å². The Labute approximate surface area is 187 Å². The Bertz CT molecular complexity index is 1030. The number of nitrogens with zero attached hydrogens (tertiary/aromatic N) is 5. The molecule has 1 aromatic carbocycles. The SMILES string of the molecule is CCc1nc2ccc(Cl)cn2c1C(=O)NCc1ccc(N2CC[N-]C=N2)cc1.[Ir]. The predicted molar refractivity (Wildman–Crippen MR) is 111 cm³/mol. The van der Waals surface area contributed by atoms with Crippen molar-refractivity contribution in [1.29, 1.82) is 0 Å². The normalized spacial score (nSPS) is 13.1. The van der Waals surface area contributed by atoms with Crippen molar-refractivity contribution in [2.24, 2.45) is 5.10 Å². The Morgan fingerprint density at radius 2 is 2.03 bits per heavy atom. The molecular formula is C20H20ClIrN6O-. The fourth-order valence-electron chi connectivity index (χ4n) is 3.17. The first-order chi connectivity index (χ1) is 13.7. The maximum Gasteiger partial charge on any atom is 0.270 e. The van der Waals surface area contributed by atoms with E-state index in [0.717, 1.165) is 30.0 Å². The Balaban J connectivity index is 0.00000240. The first-order valence-electron chi connectivity index (χ1n) is 9.16. The number of hydrazone groups is 1. The van der Waals surface area contributed by atoms with Gasteiger partial charge in [-0.05, 0) is 42.8 Å². The number of hydrogen-bond donors (Lipinski definition) is 1. The number of halogens is 1. The first-order valence-corrected chi connectivity index (χ1v) is 9.53. The van der Waals surface area contributed by atoms with Crippen LogP contribution in [0.3, 0.4) is 0 Å². The van der Waals surface area contributed by atoms with Gasteiger partial charge in [-0.15, -0.1) is 0 Å². The summed E-state index contributed by atoms with van der Waals surface area (Å²) < 4.78 is 1.75. The average molecular weight is 588 g/mol. The molecule has 153 valence electrons. The largest absolute Gasteiger partial charge is 0.469 e. The summed E-state index contributed by atoms with van der Waals surface area (Å²) in [5, 5.41) is 13.8. The third kappa shape index (κ3) is 4.61. The van der Waals surface area contributed by atoms with Crippen LogP contribution in [-0.2, 0) is 33.1 Å². The smallest absolute Gasteiger partial charge is 0.270 e. The molecule has 0 fully saturated rings. The zero-order chi connectivity index (χ0) is 19.5. The number of amides is 1. The number of carbonyl (C=O) groups is 1. The number of rotatable bonds is 5. The molecule has 1 radical (unpaired) electrons. The van der Waals surface area contributed by atoms with Crippen LogP contribution in [0, 0.1) is 0 Å². The molecule has 29 heavy (non-hydrogen) atoms. The van der Waals surface area contributed by atoms with Crippen LogP contribution < -0.4 is 10.3 Å². The van der Waals surface area contributed by atoms with Crippen LogP contribution in [0.2, 0.25) is 5.02 Å². The van der Waals surface area contributed by atoms with E-state index < -0.39 is 0 Å². The van der Waals surface area contributed by atoms with Crippen LogP contribution >= 0.6 is 11.6 Å². The minimum atomic E-state index is -0.169. The molecular weight excluding hydrogens is 568 g/mol. The van der Waals surface area contributed by atoms with Gasteiger partial charge in [-0.2, -0.15) is 0 Å². The summed E-state index contributed by atoms with van der Waals surface area (Å²) in [6.07, 6.45) is 3.96. The predicted octanol–water partition coefficient (Wildman–Crippen LogP) is 3.61. The third-order valence-electron chi connectivity index (χ3n) is 4.61. The molecule has 0 atom stereocenters. The van der Waals surface area contributed by atoms with Crippen molar-refractivity contribution in [2.75, 3.05) is 18.1 Å². The summed E-state index contributed by atoms with van der Waals surface area (Å²) in [5.74, 6) is -0.169. The van der Waals surface area contributed by atoms with Crippen LogP contribution in [0.25, 0.3) is 11.0 Å². The fraction of sp³-hybridized carbons (Fsp3) is 0.250. The molecule has 1 amide bonds. The maximum absolute atomic E-state index is 12.8. The molecule has 3 aromatic rings. The number of fused-ring (bicyclic) bond motifs is 1. The number of imidazole rings is 1. The van der Waals surface area contributed by atoms with E-state index in [0.29, 0.717) is 29.3 Å². The van der Waals surface area contributed by atoms with Crippen molar-refractivity contribution in [2.45, 2.75) is 19.9 Å². The van der Waals surface area contributed by atoms with Crippen LogP contribution in [0.4, 0.5) is 5.69 Å². The van der Waals surface area contributed by atoms with Crippen LogP contribution in [-0.4, -0.2) is 34.7 Å². The van der Waals surface area contributed by atoms with E-state index in [4.69, 9.17) is 11.6 Å². The van der Waals surface area contributed by atoms with Gasteiger partial charge in [-0.25, -0.2) is 4.98 Å². The van der Waals surface area contributed by atoms with Crippen LogP contribution in [0.5, 0.6) is 0 Å². The molecule has 0 aliphatic carbocycles. The molecule has 0 spiro atoms. The van der Waals surface area contributed by atoms with E-state index in [1.54, 1.807) is 23.0 Å². The van der Waals surface area contributed by atoms with Crippen molar-refractivity contribution < 1.29 is 24.9 Å². The van der Waals surface area contributed by atoms with Gasteiger partial charge in [0.05, 0.1) is 10.7 Å². The van der Waals surface area contributed by atoms with Gasteiger partial charge in [0, 0.05) is 45.1 Å². The second kappa shape index (κ2) is 9.39. The van der Waals surface area contributed by atoms with Crippen LogP contribution in [0.1, 0.15) is 28.7 Å². The van der Waals surface area contributed by atoms with Gasteiger partial charge in [0.25, 0.3) is 5.91 Å². The van der Waals surface area contributed by atoms with Gasteiger partial charge < -0.3 is 20.7 Å². The van der Waals surface area contributed by atoms with Gasteiger partial charge in [0.15, 0.2) is 0 Å². The van der Waals surface area contributed by atoms with Crippen molar-refractivity contribution >= 4 is 35.2 Å². The topological polar surface area (TPSA) is 76.1 Å². The number of carbonyl (C=O) groups excluding carboxylic acids is 1. The number of nitrogens with one attached hydrogen (secondary N) is 1. The van der Waals surface area contributed by atoms with Crippen LogP contribution in [0.15, 0.2) is 47.7 Å². The maximum atomic E-state index is 12.8. The standard InChI is InChI=1S/C20H21ClN6O.Ir/c1-2-17-19(26-12-15(21)5-8-18(26)25-17)20(28)23-11-14-3-6-16(7-4-14)27-10-9-22-13-24-27;/h3-8,12-13H,2,9-11H2,1H3,(H2,22,23,24,28);/p-1. The van der Waals surface area contributed by atoms with E-state index in [-0.39, 0.29) is 26.0 Å². The van der Waals surface area contributed by atoms with E-state index in [1.165, 1.54) is 0 Å². The Kier molecular flexibility index (Phi) is 6.90. The summed E-state index contributed by atoms with van der Waals surface area (Å²) in [7, 11) is 0. The quantitative estimate of drug-likeness (QED) is 0.496. The van der Waals surface area contributed by atoms with Crippen molar-refractivity contribution in [3.63, 3.8) is 0 Å². The number of benzene rings is 1. The van der Waals surface area contributed by atoms with Crippen molar-refractivity contribution in [1.82, 2.24) is 14.7 Å². The Morgan fingerprint density at radius 1 is 1.24 bits per heavy atom. The summed E-state index contributed by atoms with van der Waals surface area (Å²) in [4.78, 5) is 17.4. The number of anilines is 1. The fourth-order valence-corrected chi connectivity index (χ4v) is 3.33.